The fourth-order valence-corrected chi connectivity index (χ4v) is 3.57. The minimum Gasteiger partial charge on any atom is -0.297 e. The average molecular weight is 357 g/mol. The fraction of sp³-hybridized carbons (Fsp3) is 0.550. The molecule has 1 fully saturated rings. The Hall–Kier alpha value is -2.37. The van der Waals surface area contributed by atoms with E-state index in [2.05, 4.69) is 5.32 Å². The molecule has 0 aromatic heterocycles. The number of urea groups is 2. The number of para-hydroxylation sites is 2. The molecule has 0 atom stereocenters. The van der Waals surface area contributed by atoms with E-state index in [1.165, 1.54) is 11.3 Å². The SMILES string of the molecule is CC(C)(C)C(=O)CN1C(=O)NC(=O)N(C2CCCCC2)c2ccccc21. The molecule has 1 heterocycles. The van der Waals surface area contributed by atoms with E-state index in [-0.39, 0.29) is 18.4 Å². The van der Waals surface area contributed by atoms with Crippen LogP contribution in [0.3, 0.4) is 0 Å². The summed E-state index contributed by atoms with van der Waals surface area (Å²) in [6.45, 7) is 5.43. The number of fused-ring (bicyclic) bond motifs is 1. The van der Waals surface area contributed by atoms with Crippen molar-refractivity contribution in [2.24, 2.45) is 5.41 Å². The van der Waals surface area contributed by atoms with Crippen molar-refractivity contribution in [3.05, 3.63) is 24.3 Å². The summed E-state index contributed by atoms with van der Waals surface area (Å²) in [5.41, 5.74) is 0.748. The molecule has 1 aromatic rings. The lowest BCUT2D eigenvalue weighted by Gasteiger charge is -2.34. The lowest BCUT2D eigenvalue weighted by Crippen LogP contribution is -2.50. The van der Waals surface area contributed by atoms with E-state index in [1.807, 2.05) is 39.0 Å². The van der Waals surface area contributed by atoms with Crippen molar-refractivity contribution in [1.29, 1.82) is 0 Å². The maximum atomic E-state index is 12.8. The zero-order valence-corrected chi connectivity index (χ0v) is 15.7. The van der Waals surface area contributed by atoms with Gasteiger partial charge in [0, 0.05) is 11.5 Å². The van der Waals surface area contributed by atoms with Gasteiger partial charge in [0.2, 0.25) is 0 Å². The minimum atomic E-state index is -0.561. The zero-order chi connectivity index (χ0) is 18.9. The van der Waals surface area contributed by atoms with Crippen LogP contribution in [0.4, 0.5) is 21.0 Å². The van der Waals surface area contributed by atoms with E-state index in [0.717, 1.165) is 25.7 Å². The molecule has 3 rings (SSSR count). The first-order chi connectivity index (χ1) is 12.3. The first-order valence-corrected chi connectivity index (χ1v) is 9.33. The van der Waals surface area contributed by atoms with E-state index in [0.29, 0.717) is 11.4 Å². The van der Waals surface area contributed by atoms with Crippen LogP contribution >= 0.6 is 0 Å². The number of Topliss-reactive ketones (excluding diaryl/α,β-unsaturated/α-hetero) is 1. The number of carbonyl (C=O) groups is 3. The summed E-state index contributed by atoms with van der Waals surface area (Å²) in [4.78, 5) is 41.1. The molecule has 2 aliphatic rings. The van der Waals surface area contributed by atoms with Crippen LogP contribution in [0.5, 0.6) is 0 Å². The van der Waals surface area contributed by atoms with Crippen LogP contribution in [0.15, 0.2) is 24.3 Å². The monoisotopic (exact) mass is 357 g/mol. The summed E-state index contributed by atoms with van der Waals surface area (Å²) in [6.07, 6.45) is 5.19. The van der Waals surface area contributed by atoms with Gasteiger partial charge in [-0.2, -0.15) is 0 Å². The largest absolute Gasteiger partial charge is 0.330 e. The van der Waals surface area contributed by atoms with E-state index >= 15 is 0 Å². The van der Waals surface area contributed by atoms with Gasteiger partial charge in [-0.1, -0.05) is 52.2 Å². The lowest BCUT2D eigenvalue weighted by molar-refractivity contribution is -0.124. The van der Waals surface area contributed by atoms with Gasteiger partial charge in [-0.3, -0.25) is 19.9 Å². The summed E-state index contributed by atoms with van der Waals surface area (Å²) in [7, 11) is 0. The van der Waals surface area contributed by atoms with Gasteiger partial charge in [0.05, 0.1) is 17.9 Å². The predicted octanol–water partition coefficient (Wildman–Crippen LogP) is 4.09. The van der Waals surface area contributed by atoms with Gasteiger partial charge in [-0.15, -0.1) is 0 Å². The number of anilines is 2. The third kappa shape index (κ3) is 3.59. The summed E-state index contributed by atoms with van der Waals surface area (Å²) in [5.74, 6) is -0.0546. The molecule has 1 saturated carbocycles. The summed E-state index contributed by atoms with van der Waals surface area (Å²) in [6, 6.07) is 6.49. The predicted molar refractivity (Wildman–Crippen MR) is 102 cm³/mol. The molecule has 4 amide bonds. The second-order valence-electron chi connectivity index (χ2n) is 8.15. The topological polar surface area (TPSA) is 69.7 Å². The van der Waals surface area contributed by atoms with Crippen LogP contribution in [0.25, 0.3) is 0 Å². The van der Waals surface area contributed by atoms with E-state index in [1.54, 1.807) is 11.0 Å². The van der Waals surface area contributed by atoms with E-state index in [4.69, 9.17) is 0 Å². The zero-order valence-electron chi connectivity index (χ0n) is 15.7. The number of benzene rings is 1. The van der Waals surface area contributed by atoms with Gasteiger partial charge >= 0.3 is 12.1 Å². The third-order valence-electron chi connectivity index (χ3n) is 5.19. The number of nitrogens with zero attached hydrogens (tertiary/aromatic N) is 2. The van der Waals surface area contributed by atoms with Crippen LogP contribution in [-0.4, -0.2) is 30.4 Å². The Kier molecular flexibility index (Phi) is 5.03. The van der Waals surface area contributed by atoms with Crippen molar-refractivity contribution in [2.45, 2.75) is 58.9 Å². The smallest absolute Gasteiger partial charge is 0.297 e. The second kappa shape index (κ2) is 7.09. The Morgan fingerprint density at radius 3 is 2.27 bits per heavy atom. The minimum absolute atomic E-state index is 0.0546. The maximum Gasteiger partial charge on any atom is 0.330 e. The molecule has 140 valence electrons. The molecule has 1 aliphatic carbocycles. The van der Waals surface area contributed by atoms with Crippen molar-refractivity contribution < 1.29 is 14.4 Å². The molecule has 0 saturated heterocycles. The summed E-state index contributed by atoms with van der Waals surface area (Å²) >= 11 is 0. The van der Waals surface area contributed by atoms with E-state index in [9.17, 15) is 14.4 Å². The highest BCUT2D eigenvalue weighted by Gasteiger charge is 2.37. The highest BCUT2D eigenvalue weighted by atomic mass is 16.2. The van der Waals surface area contributed by atoms with Gasteiger partial charge in [-0.05, 0) is 25.0 Å². The Labute approximate surface area is 154 Å². The van der Waals surface area contributed by atoms with Gasteiger partial charge in [0.15, 0.2) is 5.78 Å². The van der Waals surface area contributed by atoms with Crippen molar-refractivity contribution in [2.75, 3.05) is 16.3 Å². The van der Waals surface area contributed by atoms with Crippen LogP contribution in [-0.2, 0) is 4.79 Å². The molecule has 1 N–H and O–H groups in total. The molecule has 1 aliphatic heterocycles. The fourth-order valence-electron chi connectivity index (χ4n) is 3.57. The van der Waals surface area contributed by atoms with Gasteiger partial charge in [0.1, 0.15) is 0 Å². The first-order valence-electron chi connectivity index (χ1n) is 9.33. The van der Waals surface area contributed by atoms with E-state index < -0.39 is 17.5 Å². The van der Waals surface area contributed by atoms with Gasteiger partial charge in [-0.25, -0.2) is 9.59 Å². The number of nitrogens with one attached hydrogen (secondary N) is 1. The van der Waals surface area contributed by atoms with Crippen LogP contribution in [0.1, 0.15) is 52.9 Å². The highest BCUT2D eigenvalue weighted by Crippen LogP contribution is 2.36. The molecule has 26 heavy (non-hydrogen) atoms. The lowest BCUT2D eigenvalue weighted by atomic mass is 9.90. The highest BCUT2D eigenvalue weighted by molar-refractivity contribution is 6.15. The second-order valence-corrected chi connectivity index (χ2v) is 8.15. The molecule has 6 nitrogen and oxygen atoms in total. The van der Waals surface area contributed by atoms with Crippen LogP contribution < -0.4 is 15.1 Å². The number of carbonyl (C=O) groups excluding carboxylic acids is 3. The molecule has 0 spiro atoms. The number of amides is 4. The molecule has 0 unspecified atom stereocenters. The first kappa shape index (κ1) is 18.4. The standard InChI is InChI=1S/C20H27N3O3/c1-20(2,3)17(24)13-22-15-11-7-8-12-16(15)23(19(26)21-18(22)25)14-9-5-4-6-10-14/h7-8,11-12,14H,4-6,9-10,13H2,1-3H3,(H,21,25,26). The van der Waals surface area contributed by atoms with Crippen molar-refractivity contribution >= 4 is 29.2 Å². The molecule has 0 bridgehead atoms. The Morgan fingerprint density at radius 2 is 1.65 bits per heavy atom. The van der Waals surface area contributed by atoms with Crippen molar-refractivity contribution in [3.8, 4) is 0 Å². The van der Waals surface area contributed by atoms with Gasteiger partial charge < -0.3 is 0 Å². The maximum absolute atomic E-state index is 12.8. The molecular formula is C20H27N3O3. The average Bonchev–Trinajstić information content (AvgIpc) is 2.69. The quantitative estimate of drug-likeness (QED) is 0.886. The van der Waals surface area contributed by atoms with Crippen molar-refractivity contribution in [1.82, 2.24) is 5.32 Å². The number of ketones is 1. The van der Waals surface area contributed by atoms with Crippen LogP contribution in [0, 0.1) is 5.41 Å². The van der Waals surface area contributed by atoms with Crippen LogP contribution in [0.2, 0.25) is 0 Å². The molecular weight excluding hydrogens is 330 g/mol. The number of rotatable bonds is 3. The molecule has 0 radical (unpaired) electrons. The molecule has 6 heteroatoms. The Balaban J connectivity index is 2.00. The third-order valence-corrected chi connectivity index (χ3v) is 5.19. The summed E-state index contributed by atoms with van der Waals surface area (Å²) in [5, 5.41) is 2.46. The van der Waals surface area contributed by atoms with Crippen molar-refractivity contribution in [3.63, 3.8) is 0 Å². The number of hydrogen-bond donors (Lipinski definition) is 1. The summed E-state index contributed by atoms with van der Waals surface area (Å²) < 4.78 is 0. The Morgan fingerprint density at radius 1 is 1.04 bits per heavy atom. The number of imide groups is 1. The Bertz CT molecular complexity index is 717. The van der Waals surface area contributed by atoms with Gasteiger partial charge in [0.25, 0.3) is 0 Å². The molecule has 1 aromatic carbocycles. The normalized spacial score (nSPS) is 19.0. The number of hydrogen-bond acceptors (Lipinski definition) is 3.